The number of rotatable bonds is 7. The van der Waals surface area contributed by atoms with E-state index < -0.39 is 30.0 Å². The number of amides is 1. The number of hydrogen-bond donors (Lipinski definition) is 2. The van der Waals surface area contributed by atoms with E-state index in [1.165, 1.54) is 23.4 Å². The van der Waals surface area contributed by atoms with Crippen LogP contribution in [0.15, 0.2) is 54.1 Å². The topological polar surface area (TPSA) is 135 Å². The number of benzene rings is 1. The number of aliphatic hydroxyl groups is 2. The van der Waals surface area contributed by atoms with E-state index in [0.717, 1.165) is 0 Å². The van der Waals surface area contributed by atoms with Gasteiger partial charge in [0.15, 0.2) is 6.10 Å². The Balaban J connectivity index is 1.31. The highest BCUT2D eigenvalue weighted by atomic mass is 19.1. The lowest BCUT2D eigenvalue weighted by Crippen LogP contribution is -2.30. The molecule has 34 heavy (non-hydrogen) atoms. The predicted molar refractivity (Wildman–Crippen MR) is 116 cm³/mol. The van der Waals surface area contributed by atoms with E-state index in [-0.39, 0.29) is 19.8 Å². The Kier molecular flexibility index (Phi) is 5.90. The fourth-order valence-electron chi connectivity index (χ4n) is 4.02. The number of hydrogen-bond acceptors (Lipinski definition) is 9. The zero-order chi connectivity index (χ0) is 23.7. The molecule has 0 spiro atoms. The number of halogens is 1. The molecule has 1 amide bonds. The Labute approximate surface area is 193 Å². The molecule has 2 unspecified atom stereocenters. The summed E-state index contributed by atoms with van der Waals surface area (Å²) in [6.07, 6.45) is 3.10. The molecule has 2 aliphatic rings. The molecular weight excluding hydrogens is 447 g/mol. The number of carbonyl (C=O) groups excluding carboxylic acids is 1. The van der Waals surface area contributed by atoms with Gasteiger partial charge in [0.05, 0.1) is 49.8 Å². The van der Waals surface area contributed by atoms with Gasteiger partial charge in [-0.1, -0.05) is 16.4 Å². The second kappa shape index (κ2) is 9.15. The molecular formula is C22H21FN6O5. The van der Waals surface area contributed by atoms with Crippen LogP contribution in [0.2, 0.25) is 0 Å². The van der Waals surface area contributed by atoms with Crippen LogP contribution in [0.25, 0.3) is 11.1 Å². The average Bonchev–Trinajstić information content (AvgIpc) is 3.59. The van der Waals surface area contributed by atoms with Crippen molar-refractivity contribution in [2.24, 2.45) is 11.1 Å². The summed E-state index contributed by atoms with van der Waals surface area (Å²) in [5, 5.41) is 30.4. The first-order valence-corrected chi connectivity index (χ1v) is 10.6. The van der Waals surface area contributed by atoms with Crippen molar-refractivity contribution in [1.29, 1.82) is 0 Å². The Hall–Kier alpha value is -3.90. The van der Waals surface area contributed by atoms with Gasteiger partial charge in [0.2, 0.25) is 0 Å². The smallest absolute Gasteiger partial charge is 0.414 e. The van der Waals surface area contributed by atoms with Gasteiger partial charge in [0.25, 0.3) is 0 Å². The average molecular weight is 468 g/mol. The largest absolute Gasteiger partial charge is 0.442 e. The number of oxime groups is 1. The Morgan fingerprint density at radius 3 is 2.74 bits per heavy atom. The summed E-state index contributed by atoms with van der Waals surface area (Å²) >= 11 is 0. The van der Waals surface area contributed by atoms with E-state index in [4.69, 9.17) is 9.57 Å². The molecule has 4 heterocycles. The van der Waals surface area contributed by atoms with Crippen molar-refractivity contribution in [3.8, 4) is 11.1 Å². The lowest BCUT2D eigenvalue weighted by molar-refractivity contribution is 0.00649. The van der Waals surface area contributed by atoms with Crippen LogP contribution in [0.3, 0.4) is 0 Å². The van der Waals surface area contributed by atoms with Crippen LogP contribution in [0.4, 0.5) is 14.9 Å². The van der Waals surface area contributed by atoms with Crippen molar-refractivity contribution in [3.63, 3.8) is 0 Å². The fraction of sp³-hybridized carbons (Fsp3) is 0.318. The van der Waals surface area contributed by atoms with Crippen LogP contribution in [0.1, 0.15) is 5.69 Å². The number of aliphatic hydroxyl groups excluding tert-OH is 2. The van der Waals surface area contributed by atoms with Gasteiger partial charge in [0.1, 0.15) is 17.6 Å². The molecule has 11 nitrogen and oxygen atoms in total. The van der Waals surface area contributed by atoms with Crippen LogP contribution < -0.4 is 4.90 Å². The van der Waals surface area contributed by atoms with Gasteiger partial charge in [-0.25, -0.2) is 13.9 Å². The monoisotopic (exact) mass is 468 g/mol. The second-order valence-electron chi connectivity index (χ2n) is 7.93. The number of pyridine rings is 1. The molecule has 2 aliphatic heterocycles. The molecule has 0 bridgehead atoms. The quantitative estimate of drug-likeness (QED) is 0.528. The molecule has 0 saturated carbocycles. The second-order valence-corrected chi connectivity index (χ2v) is 7.93. The molecule has 1 fully saturated rings. The number of anilines is 1. The minimum absolute atomic E-state index is 0.248. The Bertz CT molecular complexity index is 1200. The highest BCUT2D eigenvalue weighted by Gasteiger charge is 2.35. The van der Waals surface area contributed by atoms with Crippen LogP contribution in [-0.4, -0.2) is 74.0 Å². The van der Waals surface area contributed by atoms with Crippen molar-refractivity contribution < 1.29 is 29.0 Å². The first-order valence-electron chi connectivity index (χ1n) is 10.6. The third-order valence-electron chi connectivity index (χ3n) is 5.80. The summed E-state index contributed by atoms with van der Waals surface area (Å²) in [6.45, 7) is 0.0912. The lowest BCUT2D eigenvalue weighted by atomic mass is 9.95. The molecule has 2 N–H and O–H groups in total. The molecule has 5 rings (SSSR count). The molecule has 0 radical (unpaired) electrons. The summed E-state index contributed by atoms with van der Waals surface area (Å²) in [6, 6.07) is 7.84. The van der Waals surface area contributed by atoms with E-state index in [0.29, 0.717) is 34.8 Å². The van der Waals surface area contributed by atoms with Crippen LogP contribution >= 0.6 is 0 Å². The van der Waals surface area contributed by atoms with Gasteiger partial charge in [-0.2, -0.15) is 0 Å². The third kappa shape index (κ3) is 4.08. The van der Waals surface area contributed by atoms with E-state index in [1.54, 1.807) is 35.1 Å². The summed E-state index contributed by atoms with van der Waals surface area (Å²) in [4.78, 5) is 23.2. The van der Waals surface area contributed by atoms with E-state index >= 15 is 4.39 Å². The fourth-order valence-corrected chi connectivity index (χ4v) is 4.02. The minimum atomic E-state index is -0.625. The third-order valence-corrected chi connectivity index (χ3v) is 5.80. The molecule has 2 aromatic heterocycles. The maximum atomic E-state index is 15.0. The van der Waals surface area contributed by atoms with Crippen molar-refractivity contribution in [3.05, 3.63) is 60.4 Å². The van der Waals surface area contributed by atoms with Crippen LogP contribution in [0, 0.1) is 11.7 Å². The first kappa shape index (κ1) is 21.9. The first-order chi connectivity index (χ1) is 16.6. The zero-order valence-electron chi connectivity index (χ0n) is 17.9. The number of aromatic nitrogens is 4. The SMILES string of the molecule is O=C1O[C@@H](Cn2ccnn2)CN1c1ccc(-c2ccc(C3=NOC(CO)C3CO)nc2)c(F)c1. The summed E-state index contributed by atoms with van der Waals surface area (Å²) in [7, 11) is 0. The summed E-state index contributed by atoms with van der Waals surface area (Å²) < 4.78 is 21.9. The van der Waals surface area contributed by atoms with Crippen LogP contribution in [0.5, 0.6) is 0 Å². The van der Waals surface area contributed by atoms with E-state index in [2.05, 4.69) is 20.5 Å². The molecule has 3 atom stereocenters. The number of nitrogens with zero attached hydrogens (tertiary/aromatic N) is 6. The maximum Gasteiger partial charge on any atom is 0.414 e. The molecule has 1 saturated heterocycles. The number of ether oxygens (including phenoxy) is 1. The van der Waals surface area contributed by atoms with Gasteiger partial charge < -0.3 is 19.8 Å². The maximum absolute atomic E-state index is 15.0. The van der Waals surface area contributed by atoms with Crippen molar-refractivity contribution in [2.45, 2.75) is 18.8 Å². The van der Waals surface area contributed by atoms with Gasteiger partial charge in [-0.15, -0.1) is 5.10 Å². The number of cyclic esters (lactones) is 1. The van der Waals surface area contributed by atoms with Crippen LogP contribution in [-0.2, 0) is 16.1 Å². The molecule has 176 valence electrons. The van der Waals surface area contributed by atoms with Crippen molar-refractivity contribution in [2.75, 3.05) is 24.7 Å². The van der Waals surface area contributed by atoms with Crippen molar-refractivity contribution >= 4 is 17.5 Å². The number of carbonyl (C=O) groups is 1. The lowest BCUT2D eigenvalue weighted by Gasteiger charge is -2.15. The van der Waals surface area contributed by atoms with Gasteiger partial charge >= 0.3 is 6.09 Å². The van der Waals surface area contributed by atoms with Gasteiger partial charge in [-0.05, 0) is 24.3 Å². The highest BCUT2D eigenvalue weighted by molar-refractivity contribution is 6.01. The summed E-state index contributed by atoms with van der Waals surface area (Å²) in [5.74, 6) is -1.01. The minimum Gasteiger partial charge on any atom is -0.442 e. The van der Waals surface area contributed by atoms with Gasteiger partial charge in [0, 0.05) is 23.5 Å². The van der Waals surface area contributed by atoms with E-state index in [9.17, 15) is 15.0 Å². The summed E-state index contributed by atoms with van der Waals surface area (Å²) in [5.41, 5.74) is 2.12. The van der Waals surface area contributed by atoms with Crippen molar-refractivity contribution in [1.82, 2.24) is 20.0 Å². The Morgan fingerprint density at radius 1 is 1.18 bits per heavy atom. The van der Waals surface area contributed by atoms with Gasteiger partial charge in [-0.3, -0.25) is 9.88 Å². The van der Waals surface area contributed by atoms with E-state index in [1.807, 2.05) is 0 Å². The molecule has 0 aliphatic carbocycles. The Morgan fingerprint density at radius 2 is 2.06 bits per heavy atom. The normalized spacial score (nSPS) is 22.0. The zero-order valence-corrected chi connectivity index (χ0v) is 17.9. The molecule has 1 aromatic carbocycles. The molecule has 3 aromatic rings. The molecule has 12 heteroatoms. The standard InChI is InChI=1S/C22H21FN6O5/c23-18-7-14(29-10-15(33-22(29)32)9-28-6-5-25-27-28)2-3-16(18)13-1-4-19(24-8-13)21-17(11-30)20(12-31)34-26-21/h1-8,15,17,20,30-31H,9-12H2/t15-,17?,20?/m0/s1. The predicted octanol–water partition coefficient (Wildman–Crippen LogP) is 1.21. The highest BCUT2D eigenvalue weighted by Crippen LogP contribution is 2.30.